The van der Waals surface area contributed by atoms with Crippen LogP contribution in [0.15, 0.2) is 29.8 Å². The average molecular weight is 367 g/mol. The molecule has 0 unspecified atom stereocenters. The van der Waals surface area contributed by atoms with Crippen LogP contribution in [-0.4, -0.2) is 26.3 Å². The summed E-state index contributed by atoms with van der Waals surface area (Å²) in [6.45, 7) is 0. The molecule has 0 fully saturated rings. The fourth-order valence-electron chi connectivity index (χ4n) is 2.43. The van der Waals surface area contributed by atoms with E-state index in [2.05, 4.69) is 15.1 Å². The Kier molecular flexibility index (Phi) is 3.59. The molecular weight excluding hydrogens is 359 g/mol. The second-order valence-corrected chi connectivity index (χ2v) is 6.43. The minimum Gasteiger partial charge on any atom is -0.496 e. The molecule has 0 amide bonds. The third-order valence-electron chi connectivity index (χ3n) is 3.44. The van der Waals surface area contributed by atoms with Gasteiger partial charge in [0.05, 0.1) is 22.8 Å². The van der Waals surface area contributed by atoms with E-state index in [9.17, 15) is 3.89 Å². The minimum absolute atomic E-state index is 0.0249. The van der Waals surface area contributed by atoms with Gasteiger partial charge in [0, 0.05) is 17.0 Å². The van der Waals surface area contributed by atoms with Gasteiger partial charge in [0.25, 0.3) is 0 Å². The molecule has 116 valence electrons. The van der Waals surface area contributed by atoms with E-state index < -0.39 is 0 Å². The maximum atomic E-state index is 13.2. The largest absolute Gasteiger partial charge is 0.496 e. The number of rotatable bonds is 3. The quantitative estimate of drug-likeness (QED) is 0.490. The third kappa shape index (κ3) is 2.34. The number of fused-ring (bicyclic) bond motifs is 2. The van der Waals surface area contributed by atoms with E-state index in [1.165, 1.54) is 11.3 Å². The highest BCUT2D eigenvalue weighted by atomic mass is 35.5. The van der Waals surface area contributed by atoms with Gasteiger partial charge in [0.1, 0.15) is 16.6 Å². The molecule has 3 aromatic heterocycles. The van der Waals surface area contributed by atoms with Crippen LogP contribution in [0.3, 0.4) is 0 Å². The summed E-state index contributed by atoms with van der Waals surface area (Å²) in [5, 5.41) is 5.28. The number of thiazole rings is 1. The van der Waals surface area contributed by atoms with Crippen LogP contribution in [0, 0.1) is 0 Å². The highest BCUT2D eigenvalue weighted by Crippen LogP contribution is 2.38. The summed E-state index contributed by atoms with van der Waals surface area (Å²) < 4.78 is 20.8. The highest BCUT2D eigenvalue weighted by molar-refractivity contribution is 7.92. The second-order valence-electron chi connectivity index (χ2n) is 4.67. The molecular formula is C14H8ClFN4OS2. The van der Waals surface area contributed by atoms with Crippen LogP contribution in [-0.2, 0) is 0 Å². The normalized spacial score (nSPS) is 11.4. The van der Waals surface area contributed by atoms with Gasteiger partial charge in [-0.1, -0.05) is 11.6 Å². The SMILES string of the molecule is COc1cc2ncsc2cc1-c1nn(SF)c2nc(Cl)ccc12. The van der Waals surface area contributed by atoms with E-state index in [-0.39, 0.29) is 17.5 Å². The maximum Gasteiger partial charge on any atom is 0.189 e. The Hall–Kier alpha value is -1.90. The van der Waals surface area contributed by atoms with Crippen LogP contribution < -0.4 is 4.74 Å². The summed E-state index contributed by atoms with van der Waals surface area (Å²) in [5.41, 5.74) is 4.32. The van der Waals surface area contributed by atoms with Gasteiger partial charge in [-0.05, 0) is 18.2 Å². The topological polar surface area (TPSA) is 52.8 Å². The lowest BCUT2D eigenvalue weighted by atomic mass is 10.1. The number of pyridine rings is 1. The van der Waals surface area contributed by atoms with Gasteiger partial charge in [0.2, 0.25) is 0 Å². The summed E-state index contributed by atoms with van der Waals surface area (Å²) in [7, 11) is 1.58. The van der Waals surface area contributed by atoms with Crippen LogP contribution in [0.2, 0.25) is 5.15 Å². The van der Waals surface area contributed by atoms with Gasteiger partial charge in [-0.25, -0.2) is 9.97 Å². The summed E-state index contributed by atoms with van der Waals surface area (Å²) in [5.74, 6) is 0.619. The van der Waals surface area contributed by atoms with Crippen LogP contribution >= 0.6 is 35.3 Å². The first-order valence-corrected chi connectivity index (χ1v) is 8.40. The summed E-state index contributed by atoms with van der Waals surface area (Å²) in [4.78, 5) is 8.43. The van der Waals surface area contributed by atoms with Crippen molar-refractivity contribution in [1.82, 2.24) is 19.2 Å². The van der Waals surface area contributed by atoms with Crippen molar-refractivity contribution >= 4 is 56.5 Å². The Balaban J connectivity index is 2.05. The number of hydrogen-bond acceptors (Lipinski definition) is 6. The smallest absolute Gasteiger partial charge is 0.189 e. The van der Waals surface area contributed by atoms with E-state index in [0.29, 0.717) is 22.5 Å². The van der Waals surface area contributed by atoms with Gasteiger partial charge in [-0.15, -0.1) is 15.2 Å². The number of methoxy groups -OCH3 is 1. The summed E-state index contributed by atoms with van der Waals surface area (Å²) in [6, 6.07) is 7.21. The zero-order valence-corrected chi connectivity index (χ0v) is 14.0. The van der Waals surface area contributed by atoms with Gasteiger partial charge >= 0.3 is 0 Å². The standard InChI is InChI=1S/C14H8ClFN4OS2/c1-21-10-5-9-11(22-6-17-9)4-8(10)13-7-2-3-12(15)18-14(7)20(19-13)23-16/h2-6H,1H3. The molecule has 0 aliphatic rings. The molecule has 0 N–H and O–H groups in total. The first kappa shape index (κ1) is 14.7. The Bertz CT molecular complexity index is 1030. The molecule has 0 aliphatic carbocycles. The van der Waals surface area contributed by atoms with Gasteiger partial charge in [-0.3, -0.25) is 0 Å². The molecule has 0 saturated heterocycles. The molecule has 0 saturated carbocycles. The third-order valence-corrected chi connectivity index (χ3v) is 4.83. The fraction of sp³-hybridized carbons (Fsp3) is 0.0714. The van der Waals surface area contributed by atoms with E-state index in [0.717, 1.165) is 19.9 Å². The van der Waals surface area contributed by atoms with Crippen LogP contribution in [0.25, 0.3) is 32.5 Å². The predicted octanol–water partition coefficient (Wildman–Crippen LogP) is 4.75. The Morgan fingerprint density at radius 1 is 1.35 bits per heavy atom. The molecule has 0 aliphatic heterocycles. The van der Waals surface area contributed by atoms with Gasteiger partial charge < -0.3 is 4.74 Å². The number of halogens is 2. The Morgan fingerprint density at radius 3 is 3.00 bits per heavy atom. The fourth-order valence-corrected chi connectivity index (χ4v) is 3.59. The van der Waals surface area contributed by atoms with Crippen molar-refractivity contribution in [2.24, 2.45) is 0 Å². The molecule has 3 heterocycles. The zero-order chi connectivity index (χ0) is 16.0. The van der Waals surface area contributed by atoms with E-state index in [1.54, 1.807) is 24.8 Å². The van der Waals surface area contributed by atoms with Crippen molar-refractivity contribution in [2.75, 3.05) is 7.11 Å². The highest BCUT2D eigenvalue weighted by Gasteiger charge is 2.19. The van der Waals surface area contributed by atoms with Crippen molar-refractivity contribution in [1.29, 1.82) is 0 Å². The lowest BCUT2D eigenvalue weighted by Crippen LogP contribution is -1.90. The number of nitrogens with zero attached hydrogens (tertiary/aromatic N) is 4. The summed E-state index contributed by atoms with van der Waals surface area (Å²) in [6.07, 6.45) is 0. The molecule has 0 atom stereocenters. The number of aromatic nitrogens is 4. The molecule has 9 heteroatoms. The number of ether oxygens (including phenoxy) is 1. The Morgan fingerprint density at radius 2 is 2.22 bits per heavy atom. The average Bonchev–Trinajstić information content (AvgIpc) is 3.16. The van der Waals surface area contributed by atoms with E-state index in [4.69, 9.17) is 16.3 Å². The van der Waals surface area contributed by atoms with Gasteiger partial charge in [-0.2, -0.15) is 9.19 Å². The molecule has 0 spiro atoms. The molecule has 4 aromatic rings. The van der Waals surface area contributed by atoms with Crippen molar-refractivity contribution in [3.63, 3.8) is 0 Å². The van der Waals surface area contributed by atoms with Crippen LogP contribution in [0.5, 0.6) is 5.75 Å². The minimum atomic E-state index is -0.0249. The van der Waals surface area contributed by atoms with E-state index in [1.807, 2.05) is 12.1 Å². The first-order valence-electron chi connectivity index (χ1n) is 6.47. The second kappa shape index (κ2) is 5.63. The molecule has 4 rings (SSSR count). The monoisotopic (exact) mass is 366 g/mol. The first-order chi connectivity index (χ1) is 11.2. The van der Waals surface area contributed by atoms with Crippen molar-refractivity contribution < 1.29 is 8.62 Å². The van der Waals surface area contributed by atoms with Crippen molar-refractivity contribution in [2.45, 2.75) is 0 Å². The zero-order valence-electron chi connectivity index (χ0n) is 11.7. The summed E-state index contributed by atoms with van der Waals surface area (Å²) >= 11 is 7.40. The van der Waals surface area contributed by atoms with Crippen molar-refractivity contribution in [3.8, 4) is 17.0 Å². The Labute approximate surface area is 143 Å². The molecule has 0 bridgehead atoms. The predicted molar refractivity (Wildman–Crippen MR) is 91.8 cm³/mol. The molecule has 23 heavy (non-hydrogen) atoms. The number of benzene rings is 1. The van der Waals surface area contributed by atoms with Crippen molar-refractivity contribution in [3.05, 3.63) is 34.9 Å². The van der Waals surface area contributed by atoms with E-state index >= 15 is 0 Å². The van der Waals surface area contributed by atoms with Gasteiger partial charge in [0.15, 0.2) is 18.0 Å². The molecule has 1 aromatic carbocycles. The lowest BCUT2D eigenvalue weighted by molar-refractivity contribution is 0.417. The lowest BCUT2D eigenvalue weighted by Gasteiger charge is -2.06. The maximum absolute atomic E-state index is 13.2. The molecule has 0 radical (unpaired) electrons. The molecule has 5 nitrogen and oxygen atoms in total. The number of hydrogen-bond donors (Lipinski definition) is 0. The van der Waals surface area contributed by atoms with Crippen LogP contribution in [0.1, 0.15) is 0 Å². The van der Waals surface area contributed by atoms with Crippen LogP contribution in [0.4, 0.5) is 3.89 Å².